The number of amides is 4. The molecule has 4 rings (SSSR count). The number of nitrogens with zero attached hydrogens (tertiary/aromatic N) is 1. The average molecular weight is 636 g/mol. The molecule has 0 aliphatic heterocycles. The van der Waals surface area contributed by atoms with Crippen molar-refractivity contribution in [2.45, 2.75) is 51.0 Å². The topological polar surface area (TPSA) is 156 Å². The van der Waals surface area contributed by atoms with Crippen LogP contribution in [0.5, 0.6) is 0 Å². The highest BCUT2D eigenvalue weighted by Crippen LogP contribution is 2.08. The van der Waals surface area contributed by atoms with Gasteiger partial charge in [0, 0.05) is 31.3 Å². The van der Waals surface area contributed by atoms with Crippen molar-refractivity contribution in [2.24, 2.45) is 0 Å². The molecular formula is C36H37N5O6. The van der Waals surface area contributed by atoms with Gasteiger partial charge in [-0.25, -0.2) is 4.79 Å². The Hall–Kier alpha value is -5.84. The van der Waals surface area contributed by atoms with Crippen LogP contribution in [-0.2, 0) is 49.9 Å². The summed E-state index contributed by atoms with van der Waals surface area (Å²) < 4.78 is 5.21. The molecule has 0 saturated carbocycles. The van der Waals surface area contributed by atoms with E-state index in [1.807, 2.05) is 54.6 Å². The maximum atomic E-state index is 13.7. The molecule has 0 aliphatic rings. The molecule has 0 spiro atoms. The van der Waals surface area contributed by atoms with Crippen LogP contribution in [-0.4, -0.2) is 52.7 Å². The third-order valence-electron chi connectivity index (χ3n) is 7.15. The van der Waals surface area contributed by atoms with Gasteiger partial charge in [0.25, 0.3) is 5.91 Å². The summed E-state index contributed by atoms with van der Waals surface area (Å²) in [6.07, 6.45) is 0.769. The molecule has 242 valence electrons. The van der Waals surface area contributed by atoms with Crippen LogP contribution in [0.25, 0.3) is 0 Å². The highest BCUT2D eigenvalue weighted by Gasteiger charge is 2.31. The van der Waals surface area contributed by atoms with Crippen molar-refractivity contribution >= 4 is 29.6 Å². The summed E-state index contributed by atoms with van der Waals surface area (Å²) in [6.45, 7) is 1.60. The number of benzene rings is 3. The lowest BCUT2D eigenvalue weighted by molar-refractivity contribution is -0.140. The molecule has 3 aromatic carbocycles. The zero-order valence-electron chi connectivity index (χ0n) is 25.9. The second-order valence-corrected chi connectivity index (χ2v) is 10.8. The van der Waals surface area contributed by atoms with Crippen LogP contribution in [0.3, 0.4) is 0 Å². The zero-order valence-corrected chi connectivity index (χ0v) is 25.9. The number of carbonyl (C=O) groups is 5. The predicted molar refractivity (Wildman–Crippen MR) is 174 cm³/mol. The predicted octanol–water partition coefficient (Wildman–Crippen LogP) is 3.04. The van der Waals surface area contributed by atoms with Crippen LogP contribution in [0.2, 0.25) is 0 Å². The van der Waals surface area contributed by atoms with Gasteiger partial charge < -0.3 is 26.0 Å². The molecule has 1 heterocycles. The summed E-state index contributed by atoms with van der Waals surface area (Å²) in [6, 6.07) is 28.8. The molecule has 0 radical (unpaired) electrons. The number of alkyl carbamates (subject to hydrolysis) is 1. The van der Waals surface area contributed by atoms with Gasteiger partial charge in [-0.15, -0.1) is 0 Å². The van der Waals surface area contributed by atoms with Gasteiger partial charge in [0.15, 0.2) is 0 Å². The fraction of sp³-hybridized carbons (Fsp3) is 0.222. The van der Waals surface area contributed by atoms with E-state index in [-0.39, 0.29) is 26.0 Å². The lowest BCUT2D eigenvalue weighted by Crippen LogP contribution is -2.57. The molecule has 1 aromatic heterocycles. The van der Waals surface area contributed by atoms with E-state index in [2.05, 4.69) is 26.3 Å². The molecule has 3 atom stereocenters. The van der Waals surface area contributed by atoms with Crippen molar-refractivity contribution in [2.75, 3.05) is 0 Å². The molecule has 11 heteroatoms. The molecule has 4 aromatic rings. The minimum absolute atomic E-state index is 0.0154. The van der Waals surface area contributed by atoms with Gasteiger partial charge in [-0.05, 0) is 35.7 Å². The second-order valence-electron chi connectivity index (χ2n) is 10.8. The highest BCUT2D eigenvalue weighted by molar-refractivity contribution is 6.38. The summed E-state index contributed by atoms with van der Waals surface area (Å²) in [7, 11) is 0. The molecule has 4 amide bonds. The van der Waals surface area contributed by atoms with E-state index in [0.29, 0.717) is 5.69 Å². The lowest BCUT2D eigenvalue weighted by atomic mass is 10.0. The summed E-state index contributed by atoms with van der Waals surface area (Å²) in [5.74, 6) is -3.05. The van der Waals surface area contributed by atoms with Crippen LogP contribution in [0.15, 0.2) is 115 Å². The summed E-state index contributed by atoms with van der Waals surface area (Å²) >= 11 is 0. The van der Waals surface area contributed by atoms with Crippen LogP contribution in [0.1, 0.15) is 29.3 Å². The third kappa shape index (κ3) is 11.2. The largest absolute Gasteiger partial charge is 0.445 e. The van der Waals surface area contributed by atoms with Crippen LogP contribution < -0.4 is 21.3 Å². The van der Waals surface area contributed by atoms with Gasteiger partial charge in [-0.2, -0.15) is 0 Å². The summed E-state index contributed by atoms with van der Waals surface area (Å²) in [5.41, 5.74) is 2.81. The van der Waals surface area contributed by atoms with E-state index in [4.69, 9.17) is 4.74 Å². The van der Waals surface area contributed by atoms with Gasteiger partial charge in [-0.1, -0.05) is 97.1 Å². The third-order valence-corrected chi connectivity index (χ3v) is 7.15. The second kappa shape index (κ2) is 17.6. The zero-order chi connectivity index (χ0) is 33.4. The molecule has 47 heavy (non-hydrogen) atoms. The number of ether oxygens (including phenoxy) is 1. The molecular weight excluding hydrogens is 598 g/mol. The van der Waals surface area contributed by atoms with Gasteiger partial charge in [-0.3, -0.25) is 24.2 Å². The van der Waals surface area contributed by atoms with E-state index in [1.165, 1.54) is 6.92 Å². The van der Waals surface area contributed by atoms with Crippen molar-refractivity contribution in [3.05, 3.63) is 138 Å². The number of pyridine rings is 1. The van der Waals surface area contributed by atoms with Crippen molar-refractivity contribution in [3.63, 3.8) is 0 Å². The molecule has 11 nitrogen and oxygen atoms in total. The standard InChI is InChI=1S/C36H37N5O6/c1-25(39-36(46)47-24-28-17-9-4-10-18-28)33(43)41-31(22-29-19-11-12-20-37-29)34(44)40-30(21-26-13-5-2-6-14-26)32(42)35(45)38-23-27-15-7-3-8-16-27/h2-20,25,30-31H,21-24H2,1H3,(H,38,45)(H,39,46)(H,40,44)(H,41,43)/t25-,30-,31-/m0/s1. The van der Waals surface area contributed by atoms with E-state index < -0.39 is 47.7 Å². The molecule has 0 saturated heterocycles. The van der Waals surface area contributed by atoms with Crippen molar-refractivity contribution in [3.8, 4) is 0 Å². The van der Waals surface area contributed by atoms with Crippen molar-refractivity contribution in [1.82, 2.24) is 26.3 Å². The lowest BCUT2D eigenvalue weighted by Gasteiger charge is -2.24. The number of hydrogen-bond acceptors (Lipinski definition) is 7. The normalized spacial score (nSPS) is 12.4. The minimum atomic E-state index is -1.23. The maximum absolute atomic E-state index is 13.7. The first-order valence-electron chi connectivity index (χ1n) is 15.2. The highest BCUT2D eigenvalue weighted by atomic mass is 16.5. The maximum Gasteiger partial charge on any atom is 0.408 e. The van der Waals surface area contributed by atoms with Crippen LogP contribution in [0.4, 0.5) is 4.79 Å². The van der Waals surface area contributed by atoms with Gasteiger partial charge in [0.2, 0.25) is 17.6 Å². The Bertz CT molecular complexity index is 1620. The summed E-state index contributed by atoms with van der Waals surface area (Å²) in [4.78, 5) is 69.9. The van der Waals surface area contributed by atoms with Crippen LogP contribution in [0, 0.1) is 0 Å². The smallest absolute Gasteiger partial charge is 0.408 e. The molecule has 0 fully saturated rings. The number of hydrogen-bond donors (Lipinski definition) is 4. The van der Waals surface area contributed by atoms with Crippen LogP contribution >= 0.6 is 0 Å². The first kappa shape index (κ1) is 34.0. The fourth-order valence-electron chi connectivity index (χ4n) is 4.60. The number of Topliss-reactive ketones (excluding diaryl/α,β-unsaturated/α-hetero) is 1. The number of aromatic nitrogens is 1. The number of carbonyl (C=O) groups excluding carboxylic acids is 5. The summed E-state index contributed by atoms with van der Waals surface area (Å²) in [5, 5.41) is 10.4. The number of nitrogens with one attached hydrogen (secondary N) is 4. The fourth-order valence-corrected chi connectivity index (χ4v) is 4.60. The van der Waals surface area contributed by atoms with E-state index in [9.17, 15) is 24.0 Å². The monoisotopic (exact) mass is 635 g/mol. The Morgan fingerprint density at radius 1 is 0.638 bits per heavy atom. The van der Waals surface area contributed by atoms with Crippen molar-refractivity contribution in [1.29, 1.82) is 0 Å². The Kier molecular flexibility index (Phi) is 12.7. The molecule has 0 bridgehead atoms. The molecule has 0 unspecified atom stereocenters. The minimum Gasteiger partial charge on any atom is -0.445 e. The number of ketones is 1. The molecule has 4 N–H and O–H groups in total. The molecule has 0 aliphatic carbocycles. The quantitative estimate of drug-likeness (QED) is 0.146. The van der Waals surface area contributed by atoms with Gasteiger partial charge in [0.05, 0.1) is 0 Å². The Morgan fingerprint density at radius 2 is 1.21 bits per heavy atom. The van der Waals surface area contributed by atoms with Gasteiger partial charge in [0.1, 0.15) is 24.7 Å². The van der Waals surface area contributed by atoms with Gasteiger partial charge >= 0.3 is 6.09 Å². The Labute approximate surface area is 273 Å². The first-order valence-corrected chi connectivity index (χ1v) is 15.2. The average Bonchev–Trinajstić information content (AvgIpc) is 3.10. The Morgan fingerprint density at radius 3 is 1.83 bits per heavy atom. The van der Waals surface area contributed by atoms with E-state index in [1.54, 1.807) is 60.8 Å². The first-order chi connectivity index (χ1) is 22.8. The van der Waals surface area contributed by atoms with E-state index in [0.717, 1.165) is 16.7 Å². The van der Waals surface area contributed by atoms with Crippen molar-refractivity contribution < 1.29 is 28.7 Å². The SMILES string of the molecule is C[C@H](NC(=O)OCc1ccccc1)C(=O)N[C@@H](Cc1ccccn1)C(=O)N[C@@H](Cc1ccccc1)C(=O)C(=O)NCc1ccccc1. The Balaban J connectivity index is 1.45. The van der Waals surface area contributed by atoms with E-state index >= 15 is 0 Å². The number of rotatable bonds is 15.